The van der Waals surface area contributed by atoms with Crippen molar-refractivity contribution in [2.45, 2.75) is 17.8 Å². The Morgan fingerprint density at radius 1 is 1.27 bits per heavy atom. The van der Waals surface area contributed by atoms with Gasteiger partial charge in [-0.3, -0.25) is 0 Å². The molecule has 0 atom stereocenters. The van der Waals surface area contributed by atoms with Crippen molar-refractivity contribution < 1.29 is 9.26 Å². The Morgan fingerprint density at radius 2 is 2.19 bits per heavy atom. The minimum absolute atomic E-state index is 0.601. The molecule has 0 aliphatic heterocycles. The molecule has 0 saturated heterocycles. The first-order valence-electron chi connectivity index (χ1n) is 7.80. The molecule has 0 bridgehead atoms. The van der Waals surface area contributed by atoms with Gasteiger partial charge in [-0.15, -0.1) is 16.4 Å². The Morgan fingerprint density at radius 3 is 3.00 bits per heavy atom. The first-order valence-corrected chi connectivity index (χ1v) is 9.67. The monoisotopic (exact) mass is 385 g/mol. The lowest BCUT2D eigenvalue weighted by Crippen LogP contribution is -2.02. The Hall–Kier alpha value is -2.65. The van der Waals surface area contributed by atoms with Gasteiger partial charge in [0.2, 0.25) is 5.16 Å². The number of hydrogen-bond donors (Lipinski definition) is 0. The maximum Gasteiger partial charge on any atom is 0.214 e. The van der Waals surface area contributed by atoms with Gasteiger partial charge < -0.3 is 9.26 Å². The maximum absolute atomic E-state index is 5.43. The number of nitrogens with zero attached hydrogens (tertiary/aromatic N) is 5. The predicted octanol–water partition coefficient (Wildman–Crippen LogP) is 3.99. The van der Waals surface area contributed by atoms with Crippen molar-refractivity contribution >= 4 is 23.1 Å². The maximum atomic E-state index is 5.43. The number of aromatic nitrogens is 5. The van der Waals surface area contributed by atoms with Crippen LogP contribution in [0.3, 0.4) is 0 Å². The van der Waals surface area contributed by atoms with E-state index in [-0.39, 0.29) is 0 Å². The largest absolute Gasteiger partial charge is 0.494 e. The standard InChI is InChI=1S/C17H15N5O2S2/c1-11-5-6-14(23-2)13(8-11)22-17(18-20-21-22)26-10-12-9-15(24-19-12)16-4-3-7-25-16/h3-9H,10H2,1-2H3. The van der Waals surface area contributed by atoms with Crippen LogP contribution in [0.15, 0.2) is 51.5 Å². The van der Waals surface area contributed by atoms with Crippen LogP contribution in [0.5, 0.6) is 5.75 Å². The fourth-order valence-corrected chi connectivity index (χ4v) is 3.88. The third-order valence-electron chi connectivity index (χ3n) is 3.68. The lowest BCUT2D eigenvalue weighted by Gasteiger charge is -2.10. The summed E-state index contributed by atoms with van der Waals surface area (Å²) < 4.78 is 12.5. The third kappa shape index (κ3) is 3.35. The Bertz CT molecular complexity index is 1010. The zero-order chi connectivity index (χ0) is 17.9. The van der Waals surface area contributed by atoms with Crippen molar-refractivity contribution in [1.29, 1.82) is 0 Å². The van der Waals surface area contributed by atoms with E-state index in [1.807, 2.05) is 48.7 Å². The van der Waals surface area contributed by atoms with Crippen molar-refractivity contribution in [3.63, 3.8) is 0 Å². The normalized spacial score (nSPS) is 11.0. The molecule has 9 heteroatoms. The van der Waals surface area contributed by atoms with Crippen LogP contribution in [-0.4, -0.2) is 32.5 Å². The van der Waals surface area contributed by atoms with Crippen LogP contribution >= 0.6 is 23.1 Å². The number of benzene rings is 1. The van der Waals surface area contributed by atoms with E-state index in [1.54, 1.807) is 23.1 Å². The summed E-state index contributed by atoms with van der Waals surface area (Å²) >= 11 is 3.11. The summed E-state index contributed by atoms with van der Waals surface area (Å²) in [5, 5.41) is 18.8. The van der Waals surface area contributed by atoms with Gasteiger partial charge in [0.1, 0.15) is 11.4 Å². The quantitative estimate of drug-likeness (QED) is 0.464. The molecule has 0 N–H and O–H groups in total. The van der Waals surface area contributed by atoms with Gasteiger partial charge in [-0.25, -0.2) is 0 Å². The predicted molar refractivity (Wildman–Crippen MR) is 99.8 cm³/mol. The minimum Gasteiger partial charge on any atom is -0.494 e. The highest BCUT2D eigenvalue weighted by Crippen LogP contribution is 2.30. The molecule has 0 radical (unpaired) electrons. The zero-order valence-corrected chi connectivity index (χ0v) is 15.8. The number of ether oxygens (including phenoxy) is 1. The molecule has 4 rings (SSSR count). The minimum atomic E-state index is 0.601. The molecule has 0 aliphatic rings. The second-order valence-corrected chi connectivity index (χ2v) is 7.39. The van der Waals surface area contributed by atoms with Crippen LogP contribution < -0.4 is 4.74 Å². The molecule has 1 aromatic carbocycles. The lowest BCUT2D eigenvalue weighted by atomic mass is 10.2. The molecular formula is C17H15N5O2S2. The van der Waals surface area contributed by atoms with Gasteiger partial charge in [0.05, 0.1) is 17.7 Å². The molecule has 4 aromatic rings. The van der Waals surface area contributed by atoms with Gasteiger partial charge >= 0.3 is 0 Å². The van der Waals surface area contributed by atoms with E-state index in [1.165, 1.54) is 11.8 Å². The second kappa shape index (κ2) is 7.30. The summed E-state index contributed by atoms with van der Waals surface area (Å²) in [4.78, 5) is 1.06. The van der Waals surface area contributed by atoms with Crippen molar-refractivity contribution in [3.8, 4) is 22.1 Å². The Labute approximate surface area is 158 Å². The fraction of sp³-hybridized carbons (Fsp3) is 0.176. The highest BCUT2D eigenvalue weighted by molar-refractivity contribution is 7.98. The molecule has 7 nitrogen and oxygen atoms in total. The molecule has 3 heterocycles. The molecule has 132 valence electrons. The van der Waals surface area contributed by atoms with E-state index in [9.17, 15) is 0 Å². The second-order valence-electron chi connectivity index (χ2n) is 5.50. The molecule has 0 aliphatic carbocycles. The summed E-state index contributed by atoms with van der Waals surface area (Å²) in [6.07, 6.45) is 0. The number of rotatable bonds is 6. The zero-order valence-electron chi connectivity index (χ0n) is 14.1. The summed E-state index contributed by atoms with van der Waals surface area (Å²) in [6, 6.07) is 11.8. The summed E-state index contributed by atoms with van der Waals surface area (Å²) in [6.45, 7) is 2.02. The topological polar surface area (TPSA) is 78.9 Å². The van der Waals surface area contributed by atoms with Crippen molar-refractivity contribution in [3.05, 3.63) is 53.0 Å². The third-order valence-corrected chi connectivity index (χ3v) is 5.51. The van der Waals surface area contributed by atoms with Crippen LogP contribution in [0.2, 0.25) is 0 Å². The van der Waals surface area contributed by atoms with Crippen LogP contribution in [0.1, 0.15) is 11.3 Å². The van der Waals surface area contributed by atoms with Crippen molar-refractivity contribution in [2.24, 2.45) is 0 Å². The van der Waals surface area contributed by atoms with Crippen molar-refractivity contribution in [1.82, 2.24) is 25.4 Å². The molecule has 0 spiro atoms. The van der Waals surface area contributed by atoms with Gasteiger partial charge in [0.15, 0.2) is 5.76 Å². The number of aryl methyl sites for hydroxylation is 1. The molecule has 0 fully saturated rings. The Kier molecular flexibility index (Phi) is 4.72. The van der Waals surface area contributed by atoms with E-state index in [0.717, 1.165) is 27.6 Å². The Balaban J connectivity index is 1.54. The molecule has 0 amide bonds. The number of tetrazole rings is 1. The summed E-state index contributed by atoms with van der Waals surface area (Å²) in [7, 11) is 1.63. The molecule has 0 unspecified atom stereocenters. The summed E-state index contributed by atoms with van der Waals surface area (Å²) in [5.74, 6) is 2.09. The smallest absolute Gasteiger partial charge is 0.214 e. The first-order chi connectivity index (χ1) is 12.7. The molecule has 3 aromatic heterocycles. The number of thiophene rings is 1. The van der Waals surface area contributed by atoms with Crippen LogP contribution in [0.4, 0.5) is 0 Å². The number of methoxy groups -OCH3 is 1. The van der Waals surface area contributed by atoms with Gasteiger partial charge in [-0.05, 0) is 46.5 Å². The molecular weight excluding hydrogens is 370 g/mol. The fourth-order valence-electron chi connectivity index (χ4n) is 2.44. The van der Waals surface area contributed by atoms with E-state index in [4.69, 9.17) is 9.26 Å². The lowest BCUT2D eigenvalue weighted by molar-refractivity contribution is 0.410. The van der Waals surface area contributed by atoms with Crippen LogP contribution in [0, 0.1) is 6.92 Å². The van der Waals surface area contributed by atoms with E-state index in [2.05, 4.69) is 20.7 Å². The highest BCUT2D eigenvalue weighted by atomic mass is 32.2. The molecule has 26 heavy (non-hydrogen) atoms. The molecule has 0 saturated carbocycles. The average molecular weight is 385 g/mol. The van der Waals surface area contributed by atoms with Gasteiger partial charge in [-0.1, -0.05) is 29.1 Å². The van der Waals surface area contributed by atoms with E-state index < -0.39 is 0 Å². The number of thioether (sulfide) groups is 1. The van der Waals surface area contributed by atoms with Crippen LogP contribution in [0.25, 0.3) is 16.3 Å². The number of hydrogen-bond acceptors (Lipinski definition) is 8. The van der Waals surface area contributed by atoms with Crippen LogP contribution in [-0.2, 0) is 5.75 Å². The van der Waals surface area contributed by atoms with Gasteiger partial charge in [0, 0.05) is 11.8 Å². The van der Waals surface area contributed by atoms with E-state index in [0.29, 0.717) is 16.7 Å². The average Bonchev–Trinajstić information content (AvgIpc) is 3.40. The van der Waals surface area contributed by atoms with Gasteiger partial charge in [0.25, 0.3) is 0 Å². The highest BCUT2D eigenvalue weighted by Gasteiger charge is 2.15. The first kappa shape index (κ1) is 16.8. The summed E-state index contributed by atoms with van der Waals surface area (Å²) in [5.41, 5.74) is 2.74. The van der Waals surface area contributed by atoms with Gasteiger partial charge in [-0.2, -0.15) is 4.68 Å². The van der Waals surface area contributed by atoms with E-state index >= 15 is 0 Å². The van der Waals surface area contributed by atoms with Crippen molar-refractivity contribution in [2.75, 3.05) is 7.11 Å². The SMILES string of the molecule is COc1ccc(C)cc1-n1nnnc1SCc1cc(-c2cccs2)on1.